The number of imide groups is 1. The van der Waals surface area contributed by atoms with Crippen LogP contribution in [0.5, 0.6) is 0 Å². The lowest BCUT2D eigenvalue weighted by atomic mass is 10.1. The minimum Gasteiger partial charge on any atom is -0.310 e. The van der Waals surface area contributed by atoms with Gasteiger partial charge in [-0.3, -0.25) is 9.78 Å². The predicted octanol–water partition coefficient (Wildman–Crippen LogP) is 3.68. The van der Waals surface area contributed by atoms with Crippen LogP contribution in [0, 0.1) is 17.5 Å². The van der Waals surface area contributed by atoms with Gasteiger partial charge in [-0.1, -0.05) is 23.7 Å². The summed E-state index contributed by atoms with van der Waals surface area (Å²) in [7, 11) is -4.44. The predicted molar refractivity (Wildman–Crippen MR) is 109 cm³/mol. The molecule has 12 heteroatoms. The number of carbonyl (C=O) groups excluding carboxylic acids is 2. The van der Waals surface area contributed by atoms with E-state index in [1.807, 2.05) is 0 Å². The fraction of sp³-hybridized carbons (Fsp3) is 0.150. The van der Waals surface area contributed by atoms with E-state index in [-0.39, 0.29) is 11.4 Å². The first-order valence-corrected chi connectivity index (χ1v) is 11.3. The van der Waals surface area contributed by atoms with Crippen LogP contribution >= 0.6 is 11.6 Å². The molecule has 2 aromatic carbocycles. The van der Waals surface area contributed by atoms with E-state index in [0.717, 1.165) is 4.90 Å². The third-order valence-corrected chi connectivity index (χ3v) is 6.34. The second-order valence-electron chi connectivity index (χ2n) is 7.08. The standard InChI is InChI=1S/C20H13ClF3N3O4S/c1-32(30,31)19-13(22)7-14(16(23)17(19)24)27-15(28)9-26(20(27)29)8-10-5-6-25-18-11(10)3-2-4-12(18)21/h2-7H,8-9H2,1H3. The van der Waals surface area contributed by atoms with E-state index in [9.17, 15) is 31.2 Å². The third-order valence-electron chi connectivity index (χ3n) is 4.92. The van der Waals surface area contributed by atoms with Crippen LogP contribution < -0.4 is 4.90 Å². The van der Waals surface area contributed by atoms with E-state index in [4.69, 9.17) is 11.6 Å². The maximum absolute atomic E-state index is 14.6. The normalized spacial score (nSPS) is 14.7. The van der Waals surface area contributed by atoms with Crippen LogP contribution in [0.3, 0.4) is 0 Å². The first-order chi connectivity index (χ1) is 15.0. The molecule has 0 unspecified atom stereocenters. The molecule has 0 spiro atoms. The highest BCUT2D eigenvalue weighted by atomic mass is 35.5. The molecular weight excluding hydrogens is 471 g/mol. The molecule has 166 valence electrons. The molecule has 32 heavy (non-hydrogen) atoms. The number of aromatic nitrogens is 1. The van der Waals surface area contributed by atoms with Crippen LogP contribution in [-0.4, -0.2) is 43.0 Å². The fourth-order valence-electron chi connectivity index (χ4n) is 3.52. The molecule has 3 aromatic rings. The van der Waals surface area contributed by atoms with Gasteiger partial charge in [0.1, 0.15) is 17.3 Å². The molecule has 0 saturated carbocycles. The van der Waals surface area contributed by atoms with E-state index >= 15 is 0 Å². The van der Waals surface area contributed by atoms with Crippen LogP contribution in [0.1, 0.15) is 5.56 Å². The molecule has 0 aliphatic carbocycles. The number of pyridine rings is 1. The highest BCUT2D eigenvalue weighted by Gasteiger charge is 2.40. The summed E-state index contributed by atoms with van der Waals surface area (Å²) in [4.78, 5) is 29.3. The lowest BCUT2D eigenvalue weighted by Gasteiger charge is -2.19. The highest BCUT2D eigenvalue weighted by Crippen LogP contribution is 2.33. The van der Waals surface area contributed by atoms with E-state index in [1.165, 1.54) is 6.20 Å². The molecule has 2 heterocycles. The maximum Gasteiger partial charge on any atom is 0.332 e. The summed E-state index contributed by atoms with van der Waals surface area (Å²) in [5, 5.41) is 1.01. The van der Waals surface area contributed by atoms with Crippen molar-refractivity contribution in [3.63, 3.8) is 0 Å². The minimum absolute atomic E-state index is 0.0888. The molecular formula is C20H13ClF3N3O4S. The lowest BCUT2D eigenvalue weighted by molar-refractivity contribution is -0.116. The second-order valence-corrected chi connectivity index (χ2v) is 9.44. The van der Waals surface area contributed by atoms with Gasteiger partial charge in [0.15, 0.2) is 21.5 Å². The summed E-state index contributed by atoms with van der Waals surface area (Å²) in [6, 6.07) is 5.95. The first kappa shape index (κ1) is 22.0. The number of carbonyl (C=O) groups is 2. The molecule has 1 fully saturated rings. The zero-order valence-corrected chi connectivity index (χ0v) is 17.8. The Hall–Kier alpha value is -3.18. The van der Waals surface area contributed by atoms with Crippen molar-refractivity contribution >= 4 is 50.0 Å². The largest absolute Gasteiger partial charge is 0.332 e. The van der Waals surface area contributed by atoms with Crippen molar-refractivity contribution in [3.8, 4) is 0 Å². The van der Waals surface area contributed by atoms with Gasteiger partial charge in [-0.2, -0.15) is 0 Å². The molecule has 0 N–H and O–H groups in total. The van der Waals surface area contributed by atoms with Crippen molar-refractivity contribution in [2.24, 2.45) is 0 Å². The Kier molecular flexibility index (Phi) is 5.33. The lowest BCUT2D eigenvalue weighted by Crippen LogP contribution is -2.34. The quantitative estimate of drug-likeness (QED) is 0.417. The minimum atomic E-state index is -4.44. The molecule has 0 radical (unpaired) electrons. The Morgan fingerprint density at radius 1 is 1.12 bits per heavy atom. The van der Waals surface area contributed by atoms with Gasteiger partial charge in [0.2, 0.25) is 0 Å². The SMILES string of the molecule is CS(=O)(=O)c1c(F)cc(N2C(=O)CN(Cc3ccnc4c(Cl)cccc34)C2=O)c(F)c1F. The Balaban J connectivity index is 1.72. The molecule has 1 aromatic heterocycles. The number of nitrogens with zero attached hydrogens (tertiary/aromatic N) is 3. The summed E-state index contributed by atoms with van der Waals surface area (Å²) in [6.45, 7) is -0.575. The second kappa shape index (κ2) is 7.75. The number of para-hydroxylation sites is 1. The van der Waals surface area contributed by atoms with Crippen molar-refractivity contribution in [1.82, 2.24) is 9.88 Å². The Morgan fingerprint density at radius 3 is 2.53 bits per heavy atom. The highest BCUT2D eigenvalue weighted by molar-refractivity contribution is 7.90. The number of fused-ring (bicyclic) bond motifs is 1. The van der Waals surface area contributed by atoms with Crippen LogP contribution in [0.25, 0.3) is 10.9 Å². The number of anilines is 1. The van der Waals surface area contributed by atoms with Gasteiger partial charge in [0, 0.05) is 30.4 Å². The number of urea groups is 1. The van der Waals surface area contributed by atoms with Gasteiger partial charge >= 0.3 is 6.03 Å². The summed E-state index contributed by atoms with van der Waals surface area (Å²) >= 11 is 6.13. The average molecular weight is 484 g/mol. The Bertz CT molecular complexity index is 1410. The van der Waals surface area contributed by atoms with Crippen molar-refractivity contribution < 1.29 is 31.2 Å². The third kappa shape index (κ3) is 3.56. The van der Waals surface area contributed by atoms with Gasteiger partial charge < -0.3 is 4.90 Å². The Morgan fingerprint density at radius 2 is 1.84 bits per heavy atom. The molecule has 3 amide bonds. The average Bonchev–Trinajstić information content (AvgIpc) is 2.98. The number of halogens is 4. The van der Waals surface area contributed by atoms with Gasteiger partial charge in [0.05, 0.1) is 16.2 Å². The Labute approximate surface area is 184 Å². The van der Waals surface area contributed by atoms with E-state index in [1.54, 1.807) is 24.3 Å². The van der Waals surface area contributed by atoms with Crippen LogP contribution in [0.2, 0.25) is 5.02 Å². The molecule has 1 aliphatic heterocycles. The molecule has 0 atom stereocenters. The van der Waals surface area contributed by atoms with Crippen LogP contribution in [0.4, 0.5) is 23.7 Å². The number of sulfone groups is 1. The molecule has 1 saturated heterocycles. The van der Waals surface area contributed by atoms with Gasteiger partial charge in [-0.25, -0.2) is 31.3 Å². The van der Waals surface area contributed by atoms with Crippen molar-refractivity contribution in [1.29, 1.82) is 0 Å². The van der Waals surface area contributed by atoms with E-state index < -0.39 is 56.4 Å². The van der Waals surface area contributed by atoms with Crippen molar-refractivity contribution in [2.45, 2.75) is 11.4 Å². The van der Waals surface area contributed by atoms with E-state index in [2.05, 4.69) is 4.98 Å². The molecule has 7 nitrogen and oxygen atoms in total. The number of hydrogen-bond acceptors (Lipinski definition) is 5. The number of amides is 3. The van der Waals surface area contributed by atoms with Gasteiger partial charge in [0.25, 0.3) is 5.91 Å². The van der Waals surface area contributed by atoms with E-state index in [0.29, 0.717) is 33.8 Å². The number of hydrogen-bond donors (Lipinski definition) is 0. The molecule has 0 bridgehead atoms. The maximum atomic E-state index is 14.6. The zero-order valence-electron chi connectivity index (χ0n) is 16.3. The topological polar surface area (TPSA) is 87.7 Å². The zero-order chi connectivity index (χ0) is 23.4. The summed E-state index contributed by atoms with van der Waals surface area (Å²) < 4.78 is 66.3. The van der Waals surface area contributed by atoms with Crippen molar-refractivity contribution in [2.75, 3.05) is 17.7 Å². The number of benzene rings is 2. The summed E-state index contributed by atoms with van der Waals surface area (Å²) in [6.07, 6.45) is 1.98. The van der Waals surface area contributed by atoms with Gasteiger partial charge in [-0.15, -0.1) is 0 Å². The first-order valence-electron chi connectivity index (χ1n) is 9.02. The molecule has 4 rings (SSSR count). The number of rotatable bonds is 4. The smallest absolute Gasteiger partial charge is 0.310 e. The molecule has 1 aliphatic rings. The van der Waals surface area contributed by atoms with Gasteiger partial charge in [-0.05, 0) is 17.7 Å². The monoisotopic (exact) mass is 483 g/mol. The summed E-state index contributed by atoms with van der Waals surface area (Å²) in [5.74, 6) is -6.38. The van der Waals surface area contributed by atoms with Crippen LogP contribution in [0.15, 0.2) is 41.4 Å². The summed E-state index contributed by atoms with van der Waals surface area (Å²) in [5.41, 5.74) is 0.0614. The van der Waals surface area contributed by atoms with Crippen molar-refractivity contribution in [3.05, 3.63) is 64.6 Å². The fourth-order valence-corrected chi connectivity index (χ4v) is 4.57. The van der Waals surface area contributed by atoms with Crippen LogP contribution in [-0.2, 0) is 21.2 Å².